The van der Waals surface area contributed by atoms with Crippen molar-refractivity contribution in [2.24, 2.45) is 13.0 Å². The van der Waals surface area contributed by atoms with Gasteiger partial charge in [0, 0.05) is 53.9 Å². The fourth-order valence-electron chi connectivity index (χ4n) is 6.40. The van der Waals surface area contributed by atoms with E-state index in [2.05, 4.69) is 49.8 Å². The van der Waals surface area contributed by atoms with E-state index in [9.17, 15) is 14.4 Å². The topological polar surface area (TPSA) is 83.9 Å². The minimum Gasteiger partial charge on any atom is -0.450 e. The molecule has 2 aromatic carbocycles. The molecule has 1 N–H and O–H groups in total. The highest BCUT2D eigenvalue weighted by molar-refractivity contribution is 6.03. The molecule has 8 nitrogen and oxygen atoms in total. The number of hydrogen-bond donors (Lipinski definition) is 1. The van der Waals surface area contributed by atoms with Gasteiger partial charge in [-0.15, -0.1) is 0 Å². The highest BCUT2D eigenvalue weighted by Crippen LogP contribution is 2.45. The van der Waals surface area contributed by atoms with Gasteiger partial charge in [0.1, 0.15) is 6.04 Å². The smallest absolute Gasteiger partial charge is 0.409 e. The van der Waals surface area contributed by atoms with Gasteiger partial charge >= 0.3 is 6.09 Å². The van der Waals surface area contributed by atoms with E-state index in [0.717, 1.165) is 34.1 Å². The maximum absolute atomic E-state index is 14.2. The number of benzene rings is 2. The molecule has 1 aromatic heterocycles. The maximum Gasteiger partial charge on any atom is 0.409 e. The number of hydrogen-bond acceptors (Lipinski definition) is 4. The van der Waals surface area contributed by atoms with Crippen LogP contribution in [0.15, 0.2) is 48.5 Å². The third-order valence-electron chi connectivity index (χ3n) is 8.84. The van der Waals surface area contributed by atoms with Crippen molar-refractivity contribution in [2.75, 3.05) is 19.7 Å². The Labute approximate surface area is 236 Å². The molecule has 8 heteroatoms. The Morgan fingerprint density at radius 3 is 2.42 bits per heavy atom. The van der Waals surface area contributed by atoms with Gasteiger partial charge in [-0.3, -0.25) is 9.59 Å². The van der Waals surface area contributed by atoms with Gasteiger partial charge in [-0.05, 0) is 50.3 Å². The molecular weight excluding hydrogens is 504 g/mol. The number of rotatable bonds is 7. The summed E-state index contributed by atoms with van der Waals surface area (Å²) in [5, 5.41) is 4.36. The molecular formula is C32H40N4O4. The lowest BCUT2D eigenvalue weighted by Gasteiger charge is -2.38. The SMILES string of the molecule is CCOC(=O)N1CCC(NC(=O)C(C(C)CC)N2C(=O)c3ccccc3C2c2c(C)n(C)c3ccccc23)CC1. The number of aromatic nitrogens is 1. The van der Waals surface area contributed by atoms with Crippen LogP contribution in [0.5, 0.6) is 0 Å². The molecule has 5 rings (SSSR count). The number of fused-ring (bicyclic) bond motifs is 2. The molecule has 0 aliphatic carbocycles. The summed E-state index contributed by atoms with van der Waals surface area (Å²) in [4.78, 5) is 44.0. The summed E-state index contributed by atoms with van der Waals surface area (Å²) in [6.45, 7) is 9.41. The fourth-order valence-corrected chi connectivity index (χ4v) is 6.40. The Morgan fingerprint density at radius 1 is 1.05 bits per heavy atom. The van der Waals surface area contributed by atoms with Crippen molar-refractivity contribution in [1.82, 2.24) is 19.7 Å². The van der Waals surface area contributed by atoms with Crippen LogP contribution in [0.1, 0.15) is 73.3 Å². The lowest BCUT2D eigenvalue weighted by molar-refractivity contribution is -0.128. The molecule has 0 spiro atoms. The average molecular weight is 545 g/mol. The van der Waals surface area contributed by atoms with Crippen LogP contribution in [-0.4, -0.2) is 64.1 Å². The first-order valence-electron chi connectivity index (χ1n) is 14.5. The maximum atomic E-state index is 14.2. The molecule has 2 aliphatic heterocycles. The number of carbonyl (C=O) groups is 3. The van der Waals surface area contributed by atoms with Crippen molar-refractivity contribution >= 4 is 28.8 Å². The normalized spacial score (nSPS) is 19.0. The molecule has 1 fully saturated rings. The molecule has 3 atom stereocenters. The predicted molar refractivity (Wildman–Crippen MR) is 155 cm³/mol. The number of carbonyl (C=O) groups excluding carboxylic acids is 3. The summed E-state index contributed by atoms with van der Waals surface area (Å²) >= 11 is 0. The third kappa shape index (κ3) is 4.73. The first-order chi connectivity index (χ1) is 19.3. The van der Waals surface area contributed by atoms with Crippen molar-refractivity contribution in [2.45, 2.75) is 65.1 Å². The number of likely N-dealkylation sites (tertiary alicyclic amines) is 1. The average Bonchev–Trinajstić information content (AvgIpc) is 3.38. The predicted octanol–water partition coefficient (Wildman–Crippen LogP) is 5.18. The number of para-hydroxylation sites is 1. The van der Waals surface area contributed by atoms with Crippen molar-refractivity contribution in [3.8, 4) is 0 Å². The molecule has 3 heterocycles. The molecule has 0 saturated carbocycles. The first kappa shape index (κ1) is 27.7. The minimum atomic E-state index is -0.642. The number of nitrogens with zero attached hydrogens (tertiary/aromatic N) is 3. The van der Waals surface area contributed by atoms with E-state index in [-0.39, 0.29) is 35.9 Å². The lowest BCUT2D eigenvalue weighted by atomic mass is 9.91. The Morgan fingerprint density at radius 2 is 1.73 bits per heavy atom. The molecule has 1 saturated heterocycles. The zero-order chi connectivity index (χ0) is 28.6. The van der Waals surface area contributed by atoms with Crippen molar-refractivity contribution in [3.05, 3.63) is 70.9 Å². The molecule has 3 unspecified atom stereocenters. The number of amides is 3. The number of nitrogens with one attached hydrogen (secondary N) is 1. The second-order valence-corrected chi connectivity index (χ2v) is 11.1. The Balaban J connectivity index is 1.50. The zero-order valence-corrected chi connectivity index (χ0v) is 24.1. The third-order valence-corrected chi connectivity index (χ3v) is 8.84. The fraction of sp³-hybridized carbons (Fsp3) is 0.469. The van der Waals surface area contributed by atoms with Crippen molar-refractivity contribution < 1.29 is 19.1 Å². The van der Waals surface area contributed by atoms with Crippen LogP contribution in [0, 0.1) is 12.8 Å². The molecule has 212 valence electrons. The van der Waals surface area contributed by atoms with Crippen LogP contribution in [-0.2, 0) is 16.6 Å². The van der Waals surface area contributed by atoms with Crippen molar-refractivity contribution in [3.63, 3.8) is 0 Å². The van der Waals surface area contributed by atoms with Gasteiger partial charge in [-0.1, -0.05) is 56.7 Å². The second-order valence-electron chi connectivity index (χ2n) is 11.1. The van der Waals surface area contributed by atoms with Crippen LogP contribution >= 0.6 is 0 Å². The Kier molecular flexibility index (Phi) is 7.88. The minimum absolute atomic E-state index is 0.0596. The van der Waals surface area contributed by atoms with E-state index in [1.807, 2.05) is 41.3 Å². The van der Waals surface area contributed by atoms with Gasteiger partial charge in [-0.2, -0.15) is 0 Å². The summed E-state index contributed by atoms with van der Waals surface area (Å²) in [5.74, 6) is -0.297. The molecule has 3 aromatic rings. The van der Waals surface area contributed by atoms with Crippen molar-refractivity contribution in [1.29, 1.82) is 0 Å². The van der Waals surface area contributed by atoms with Crippen LogP contribution in [0.25, 0.3) is 10.9 Å². The van der Waals surface area contributed by atoms with E-state index >= 15 is 0 Å². The van der Waals surface area contributed by atoms with E-state index in [1.165, 1.54) is 0 Å². The quantitative estimate of drug-likeness (QED) is 0.444. The summed E-state index contributed by atoms with van der Waals surface area (Å²) in [5.41, 5.74) is 4.85. The van der Waals surface area contributed by atoms with Crippen LogP contribution < -0.4 is 5.32 Å². The van der Waals surface area contributed by atoms with Crippen LogP contribution in [0.4, 0.5) is 4.79 Å². The zero-order valence-electron chi connectivity index (χ0n) is 24.1. The molecule has 0 bridgehead atoms. The molecule has 3 amide bonds. The Hall–Kier alpha value is -3.81. The lowest BCUT2D eigenvalue weighted by Crippen LogP contribution is -2.55. The summed E-state index contributed by atoms with van der Waals surface area (Å²) in [6, 6.07) is 14.9. The number of piperidine rings is 1. The Bertz CT molecular complexity index is 1420. The second kappa shape index (κ2) is 11.4. The van der Waals surface area contributed by atoms with Gasteiger partial charge in [0.05, 0.1) is 12.6 Å². The van der Waals surface area contributed by atoms with Crippen LogP contribution in [0.3, 0.4) is 0 Å². The van der Waals surface area contributed by atoms with E-state index in [4.69, 9.17) is 4.74 Å². The van der Waals surface area contributed by atoms with Gasteiger partial charge in [0.25, 0.3) is 5.91 Å². The standard InChI is InChI=1S/C32H40N4O4/c1-6-20(3)28(30(37)33-22-16-18-35(19-17-22)32(39)40-7-2)36-29(23-12-8-9-13-24(23)31(36)38)27-21(4)34(5)26-15-11-10-14-25(26)27/h8-15,20,22,28-29H,6-7,16-19H2,1-5H3,(H,33,37). The van der Waals surface area contributed by atoms with Gasteiger partial charge < -0.3 is 24.4 Å². The number of aryl methyl sites for hydroxylation is 1. The van der Waals surface area contributed by atoms with E-state index in [0.29, 0.717) is 38.1 Å². The van der Waals surface area contributed by atoms with Gasteiger partial charge in [-0.25, -0.2) is 4.79 Å². The summed E-state index contributed by atoms with van der Waals surface area (Å²) < 4.78 is 7.31. The summed E-state index contributed by atoms with van der Waals surface area (Å²) in [6.07, 6.45) is 1.75. The number of ether oxygens (including phenoxy) is 1. The highest BCUT2D eigenvalue weighted by Gasteiger charge is 2.47. The van der Waals surface area contributed by atoms with Gasteiger partial charge in [0.2, 0.25) is 5.91 Å². The molecule has 0 radical (unpaired) electrons. The van der Waals surface area contributed by atoms with Gasteiger partial charge in [0.15, 0.2) is 0 Å². The largest absolute Gasteiger partial charge is 0.450 e. The molecule has 40 heavy (non-hydrogen) atoms. The van der Waals surface area contributed by atoms with E-state index < -0.39 is 6.04 Å². The van der Waals surface area contributed by atoms with Crippen LogP contribution in [0.2, 0.25) is 0 Å². The molecule has 2 aliphatic rings. The van der Waals surface area contributed by atoms with E-state index in [1.54, 1.807) is 11.8 Å². The highest BCUT2D eigenvalue weighted by atomic mass is 16.6. The first-order valence-corrected chi connectivity index (χ1v) is 14.5. The summed E-state index contributed by atoms with van der Waals surface area (Å²) in [7, 11) is 2.05. The monoisotopic (exact) mass is 544 g/mol.